The molecular weight excluding hydrogens is 384 g/mol. The zero-order valence-corrected chi connectivity index (χ0v) is 16.4. The van der Waals surface area contributed by atoms with Crippen molar-refractivity contribution in [1.82, 2.24) is 14.6 Å². The Morgan fingerprint density at radius 3 is 2.48 bits per heavy atom. The molecule has 1 heterocycles. The zero-order valence-electron chi connectivity index (χ0n) is 13.9. The minimum absolute atomic E-state index is 0. The second kappa shape index (κ2) is 9.25. The fourth-order valence-corrected chi connectivity index (χ4v) is 3.61. The summed E-state index contributed by atoms with van der Waals surface area (Å²) in [6.45, 7) is 0.793. The molecular formula is C15H21ClN4O3S2. The first-order valence-electron chi connectivity index (χ1n) is 7.28. The second-order valence-electron chi connectivity index (χ2n) is 5.28. The summed E-state index contributed by atoms with van der Waals surface area (Å²) in [5.74, 6) is -0.264. The number of nitrogens with one attached hydrogen (secondary N) is 1. The summed E-state index contributed by atoms with van der Waals surface area (Å²) < 4.78 is 25.1. The van der Waals surface area contributed by atoms with Gasteiger partial charge in [-0.25, -0.2) is 17.7 Å². The molecule has 2 rings (SSSR count). The first-order chi connectivity index (χ1) is 11.3. The monoisotopic (exact) mass is 404 g/mol. The van der Waals surface area contributed by atoms with E-state index in [0.29, 0.717) is 25.2 Å². The fraction of sp³-hybridized carbons (Fsp3) is 0.333. The van der Waals surface area contributed by atoms with Crippen molar-refractivity contribution in [1.29, 1.82) is 0 Å². The number of hydrogen-bond donors (Lipinski definition) is 2. The lowest BCUT2D eigenvalue weighted by atomic mass is 10.2. The van der Waals surface area contributed by atoms with Gasteiger partial charge in [0.1, 0.15) is 5.69 Å². The molecule has 0 saturated heterocycles. The summed E-state index contributed by atoms with van der Waals surface area (Å²) in [5, 5.41) is 5.30. The van der Waals surface area contributed by atoms with Crippen LogP contribution in [0, 0.1) is 0 Å². The van der Waals surface area contributed by atoms with Gasteiger partial charge in [0.15, 0.2) is 0 Å². The maximum Gasteiger partial charge on any atom is 0.271 e. The van der Waals surface area contributed by atoms with Crippen molar-refractivity contribution < 1.29 is 13.2 Å². The van der Waals surface area contributed by atoms with Crippen molar-refractivity contribution in [2.75, 3.05) is 20.6 Å². The third-order valence-electron chi connectivity index (χ3n) is 3.30. The number of amides is 1. The molecule has 7 nitrogen and oxygen atoms in total. The number of hydrogen-bond acceptors (Lipinski definition) is 6. The number of carbonyl (C=O) groups excluding carboxylic acids is 1. The minimum Gasteiger partial charge on any atom is -0.347 e. The summed E-state index contributed by atoms with van der Waals surface area (Å²) in [6, 6.07) is 6.41. The summed E-state index contributed by atoms with van der Waals surface area (Å²) in [4.78, 5) is 16.5. The van der Waals surface area contributed by atoms with Gasteiger partial charge in [-0.05, 0) is 24.2 Å². The number of thiazole rings is 1. The molecule has 0 bridgehead atoms. The molecule has 3 N–H and O–H groups in total. The minimum atomic E-state index is -3.44. The van der Waals surface area contributed by atoms with Gasteiger partial charge in [0.25, 0.3) is 5.91 Å². The number of sulfonamides is 1. The Bertz CT molecular complexity index is 804. The molecule has 138 valence electrons. The maximum absolute atomic E-state index is 12.1. The Morgan fingerprint density at radius 2 is 1.92 bits per heavy atom. The zero-order chi connectivity index (χ0) is 17.7. The number of nitrogens with zero attached hydrogens (tertiary/aromatic N) is 2. The van der Waals surface area contributed by atoms with E-state index in [4.69, 9.17) is 5.73 Å². The quantitative estimate of drug-likeness (QED) is 0.722. The Balaban J connectivity index is 0.00000312. The lowest BCUT2D eigenvalue weighted by Gasteiger charge is -2.11. The fourth-order valence-electron chi connectivity index (χ4n) is 1.92. The van der Waals surface area contributed by atoms with Crippen LogP contribution in [0.25, 0.3) is 0 Å². The van der Waals surface area contributed by atoms with Crippen LogP contribution < -0.4 is 11.1 Å². The lowest BCUT2D eigenvalue weighted by molar-refractivity contribution is 0.0946. The van der Waals surface area contributed by atoms with E-state index in [2.05, 4.69) is 10.3 Å². The Morgan fingerprint density at radius 1 is 1.28 bits per heavy atom. The molecule has 2 aromatic rings. The molecule has 0 spiro atoms. The van der Waals surface area contributed by atoms with Crippen LogP contribution in [0.5, 0.6) is 0 Å². The van der Waals surface area contributed by atoms with Gasteiger partial charge in [-0.1, -0.05) is 12.1 Å². The van der Waals surface area contributed by atoms with Gasteiger partial charge in [0.05, 0.1) is 9.90 Å². The molecule has 0 atom stereocenters. The van der Waals surface area contributed by atoms with Crippen molar-refractivity contribution in [2.45, 2.75) is 17.9 Å². The van der Waals surface area contributed by atoms with Crippen LogP contribution in [-0.2, 0) is 23.0 Å². The van der Waals surface area contributed by atoms with Crippen LogP contribution in [0.4, 0.5) is 0 Å². The molecule has 0 aliphatic rings. The van der Waals surface area contributed by atoms with E-state index in [1.165, 1.54) is 37.6 Å². The number of carbonyl (C=O) groups is 1. The molecule has 1 amide bonds. The van der Waals surface area contributed by atoms with E-state index in [1.807, 2.05) is 0 Å². The topological polar surface area (TPSA) is 105 Å². The van der Waals surface area contributed by atoms with Gasteiger partial charge < -0.3 is 11.1 Å². The lowest BCUT2D eigenvalue weighted by Crippen LogP contribution is -2.24. The van der Waals surface area contributed by atoms with E-state index < -0.39 is 10.0 Å². The average Bonchev–Trinajstić information content (AvgIpc) is 3.02. The van der Waals surface area contributed by atoms with Crippen molar-refractivity contribution in [2.24, 2.45) is 5.73 Å². The van der Waals surface area contributed by atoms with E-state index in [0.717, 1.165) is 14.9 Å². The third-order valence-corrected chi connectivity index (χ3v) is 6.04. The highest BCUT2D eigenvalue weighted by molar-refractivity contribution is 7.89. The van der Waals surface area contributed by atoms with Gasteiger partial charge in [-0.3, -0.25) is 4.79 Å². The van der Waals surface area contributed by atoms with Crippen molar-refractivity contribution >= 4 is 39.7 Å². The summed E-state index contributed by atoms with van der Waals surface area (Å²) >= 11 is 1.41. The normalized spacial score (nSPS) is 11.2. The molecule has 1 aromatic carbocycles. The van der Waals surface area contributed by atoms with Crippen molar-refractivity contribution in [3.8, 4) is 0 Å². The average molecular weight is 405 g/mol. The molecule has 0 aliphatic carbocycles. The van der Waals surface area contributed by atoms with Crippen LogP contribution >= 0.6 is 23.7 Å². The van der Waals surface area contributed by atoms with Gasteiger partial charge in [0, 0.05) is 32.4 Å². The van der Waals surface area contributed by atoms with Crippen LogP contribution in [0.2, 0.25) is 0 Å². The highest BCUT2D eigenvalue weighted by Crippen LogP contribution is 2.14. The number of halogens is 1. The molecule has 0 saturated carbocycles. The highest BCUT2D eigenvalue weighted by Gasteiger charge is 2.16. The third kappa shape index (κ3) is 5.48. The summed E-state index contributed by atoms with van der Waals surface area (Å²) in [7, 11) is -0.479. The van der Waals surface area contributed by atoms with Gasteiger partial charge in [0.2, 0.25) is 10.0 Å². The van der Waals surface area contributed by atoms with Gasteiger partial charge in [-0.2, -0.15) is 0 Å². The molecule has 0 aliphatic heterocycles. The molecule has 0 radical (unpaired) electrons. The van der Waals surface area contributed by atoms with Gasteiger partial charge >= 0.3 is 0 Å². The molecule has 0 unspecified atom stereocenters. The van der Waals surface area contributed by atoms with E-state index in [9.17, 15) is 13.2 Å². The van der Waals surface area contributed by atoms with Crippen LogP contribution in [-0.4, -0.2) is 44.3 Å². The van der Waals surface area contributed by atoms with Crippen molar-refractivity contribution in [3.63, 3.8) is 0 Å². The predicted octanol–water partition coefficient (Wildman–Crippen LogP) is 1.25. The molecule has 1 aromatic heterocycles. The second-order valence-corrected chi connectivity index (χ2v) is 8.37. The van der Waals surface area contributed by atoms with Crippen molar-refractivity contribution in [3.05, 3.63) is 45.9 Å². The summed E-state index contributed by atoms with van der Waals surface area (Å²) in [5.41, 5.74) is 6.64. The SMILES string of the molecule is CN(C)S(=O)(=O)c1ccc(CNC(=O)c2csc(CCN)n2)cc1.Cl. The number of rotatable bonds is 7. The standard InChI is InChI=1S/C15H20N4O3S2.ClH/c1-19(2)24(21,22)12-5-3-11(4-6-12)9-17-15(20)13-10-23-14(18-13)7-8-16;/h3-6,10H,7-9,16H2,1-2H3,(H,17,20);1H. The van der Waals surface area contributed by atoms with Gasteiger partial charge in [-0.15, -0.1) is 23.7 Å². The Labute approximate surface area is 157 Å². The molecule has 25 heavy (non-hydrogen) atoms. The molecule has 10 heteroatoms. The maximum atomic E-state index is 12.1. The number of aromatic nitrogens is 1. The number of benzene rings is 1. The van der Waals surface area contributed by atoms with Crippen LogP contribution in [0.3, 0.4) is 0 Å². The largest absolute Gasteiger partial charge is 0.347 e. The van der Waals surface area contributed by atoms with E-state index in [-0.39, 0.29) is 23.2 Å². The Kier molecular flexibility index (Phi) is 7.97. The first-order valence-corrected chi connectivity index (χ1v) is 9.60. The Hall–Kier alpha value is -1.52. The smallest absolute Gasteiger partial charge is 0.271 e. The van der Waals surface area contributed by atoms with E-state index >= 15 is 0 Å². The van der Waals surface area contributed by atoms with E-state index in [1.54, 1.807) is 17.5 Å². The first kappa shape index (κ1) is 21.5. The van der Waals surface area contributed by atoms with Crippen LogP contribution in [0.1, 0.15) is 21.1 Å². The van der Waals surface area contributed by atoms with Crippen LogP contribution in [0.15, 0.2) is 34.5 Å². The molecule has 0 fully saturated rings. The number of nitrogens with two attached hydrogens (primary N) is 1. The highest BCUT2D eigenvalue weighted by atomic mass is 35.5. The predicted molar refractivity (Wildman–Crippen MR) is 101 cm³/mol. The summed E-state index contributed by atoms with van der Waals surface area (Å²) in [6.07, 6.45) is 0.653.